The Morgan fingerprint density at radius 1 is 1.33 bits per heavy atom. The average molecular weight is 246 g/mol. The van der Waals surface area contributed by atoms with Gasteiger partial charge in [0, 0.05) is 6.20 Å². The zero-order chi connectivity index (χ0) is 13.0. The van der Waals surface area contributed by atoms with Crippen molar-refractivity contribution in [3.05, 3.63) is 53.7 Å². The highest BCUT2D eigenvalue weighted by Gasteiger charge is 2.09. The first-order valence-corrected chi connectivity index (χ1v) is 5.17. The van der Waals surface area contributed by atoms with Crippen LogP contribution in [0.25, 0.3) is 0 Å². The number of furan rings is 1. The molecule has 2 heterocycles. The number of carbonyl (C=O) groups excluding carboxylic acids is 1. The fraction of sp³-hybridized carbons (Fsp3) is 0.0833. The van der Waals surface area contributed by atoms with Crippen molar-refractivity contribution >= 4 is 11.9 Å². The van der Waals surface area contributed by atoms with E-state index < -0.39 is 5.97 Å². The van der Waals surface area contributed by atoms with Crippen LogP contribution in [0.1, 0.15) is 26.6 Å². The summed E-state index contributed by atoms with van der Waals surface area (Å²) >= 11 is 0. The number of carbonyl (C=O) groups is 2. The minimum absolute atomic E-state index is 0.0995. The van der Waals surface area contributed by atoms with E-state index in [1.54, 1.807) is 12.1 Å². The van der Waals surface area contributed by atoms with Crippen molar-refractivity contribution in [2.45, 2.75) is 6.54 Å². The summed E-state index contributed by atoms with van der Waals surface area (Å²) in [6, 6.07) is 6.16. The van der Waals surface area contributed by atoms with Gasteiger partial charge in [0.05, 0.1) is 18.4 Å². The van der Waals surface area contributed by atoms with Crippen LogP contribution in [-0.4, -0.2) is 22.0 Å². The molecule has 0 spiro atoms. The van der Waals surface area contributed by atoms with Crippen LogP contribution in [0.2, 0.25) is 0 Å². The summed E-state index contributed by atoms with van der Waals surface area (Å²) < 4.78 is 5.06. The van der Waals surface area contributed by atoms with Crippen molar-refractivity contribution in [3.8, 4) is 0 Å². The number of carboxylic acids is 1. The Kier molecular flexibility index (Phi) is 3.38. The van der Waals surface area contributed by atoms with Crippen LogP contribution in [-0.2, 0) is 6.54 Å². The van der Waals surface area contributed by atoms with Gasteiger partial charge in [-0.2, -0.15) is 0 Å². The van der Waals surface area contributed by atoms with Gasteiger partial charge in [0.1, 0.15) is 11.5 Å². The lowest BCUT2D eigenvalue weighted by Crippen LogP contribution is -2.22. The summed E-state index contributed by atoms with van der Waals surface area (Å²) in [6.07, 6.45) is 2.74. The molecule has 6 nitrogen and oxygen atoms in total. The number of nitrogens with zero attached hydrogens (tertiary/aromatic N) is 1. The normalized spacial score (nSPS) is 10.0. The molecule has 0 aliphatic rings. The molecule has 0 aromatic carbocycles. The number of aromatic nitrogens is 1. The number of pyridine rings is 1. The van der Waals surface area contributed by atoms with Gasteiger partial charge in [-0.15, -0.1) is 0 Å². The van der Waals surface area contributed by atoms with E-state index in [0.29, 0.717) is 11.3 Å². The summed E-state index contributed by atoms with van der Waals surface area (Å²) in [6.45, 7) is 0.270. The van der Waals surface area contributed by atoms with E-state index in [0.717, 1.165) is 0 Å². The Balaban J connectivity index is 1.98. The number of hydrogen-bond donors (Lipinski definition) is 2. The Labute approximate surface area is 102 Å². The van der Waals surface area contributed by atoms with Crippen LogP contribution in [0.5, 0.6) is 0 Å². The molecule has 0 radical (unpaired) electrons. The maximum Gasteiger partial charge on any atom is 0.354 e. The van der Waals surface area contributed by atoms with E-state index in [9.17, 15) is 9.59 Å². The smallest absolute Gasteiger partial charge is 0.354 e. The Bertz CT molecular complexity index is 546. The van der Waals surface area contributed by atoms with Gasteiger partial charge in [-0.1, -0.05) is 0 Å². The van der Waals surface area contributed by atoms with E-state index in [1.165, 1.54) is 24.6 Å². The van der Waals surface area contributed by atoms with Gasteiger partial charge in [0.25, 0.3) is 5.91 Å². The van der Waals surface area contributed by atoms with Crippen LogP contribution in [0.3, 0.4) is 0 Å². The number of aromatic carboxylic acids is 1. The highest BCUT2D eigenvalue weighted by Crippen LogP contribution is 2.03. The summed E-state index contributed by atoms with van der Waals surface area (Å²) in [5.41, 5.74) is 0.198. The zero-order valence-electron chi connectivity index (χ0n) is 9.29. The predicted octanol–water partition coefficient (Wildman–Crippen LogP) is 1.30. The molecule has 0 bridgehead atoms. The number of carboxylic acid groups (broad SMARTS) is 1. The van der Waals surface area contributed by atoms with Crippen molar-refractivity contribution < 1.29 is 19.1 Å². The molecular formula is C12H10N2O4. The molecule has 0 saturated carbocycles. The van der Waals surface area contributed by atoms with Crippen molar-refractivity contribution in [1.82, 2.24) is 10.3 Å². The van der Waals surface area contributed by atoms with Gasteiger partial charge in [-0.3, -0.25) is 4.79 Å². The highest BCUT2D eigenvalue weighted by molar-refractivity contribution is 5.94. The maximum atomic E-state index is 11.7. The molecule has 2 N–H and O–H groups in total. The molecule has 0 fully saturated rings. The highest BCUT2D eigenvalue weighted by atomic mass is 16.4. The van der Waals surface area contributed by atoms with E-state index in [1.807, 2.05) is 0 Å². The molecular weight excluding hydrogens is 236 g/mol. The molecule has 0 aliphatic heterocycles. The first-order valence-electron chi connectivity index (χ1n) is 5.17. The second kappa shape index (κ2) is 5.13. The molecule has 0 saturated heterocycles. The van der Waals surface area contributed by atoms with Crippen LogP contribution in [0, 0.1) is 0 Å². The second-order valence-electron chi connectivity index (χ2n) is 3.50. The van der Waals surface area contributed by atoms with Gasteiger partial charge in [0.2, 0.25) is 0 Å². The predicted molar refractivity (Wildman–Crippen MR) is 61.1 cm³/mol. The van der Waals surface area contributed by atoms with Crippen LogP contribution >= 0.6 is 0 Å². The third-order valence-electron chi connectivity index (χ3n) is 2.25. The molecule has 2 aromatic heterocycles. The monoisotopic (exact) mass is 246 g/mol. The van der Waals surface area contributed by atoms with Crippen LogP contribution in [0.15, 0.2) is 41.1 Å². The van der Waals surface area contributed by atoms with Crippen molar-refractivity contribution in [2.24, 2.45) is 0 Å². The van der Waals surface area contributed by atoms with Crippen molar-refractivity contribution in [1.29, 1.82) is 0 Å². The standard InChI is InChI=1S/C12H10N2O4/c15-11(14-7-9-2-1-5-18-9)8-3-4-10(12(16)17)13-6-8/h1-6H,7H2,(H,14,15)(H,16,17). The Morgan fingerprint density at radius 2 is 2.17 bits per heavy atom. The largest absolute Gasteiger partial charge is 0.477 e. The minimum Gasteiger partial charge on any atom is -0.477 e. The molecule has 2 aromatic rings. The zero-order valence-corrected chi connectivity index (χ0v) is 9.29. The molecule has 0 aliphatic carbocycles. The van der Waals surface area contributed by atoms with Crippen molar-refractivity contribution in [3.63, 3.8) is 0 Å². The fourth-order valence-electron chi connectivity index (χ4n) is 1.34. The minimum atomic E-state index is -1.13. The summed E-state index contributed by atoms with van der Waals surface area (Å²) in [4.78, 5) is 25.9. The Hall–Kier alpha value is -2.63. The number of hydrogen-bond acceptors (Lipinski definition) is 4. The third kappa shape index (κ3) is 2.73. The quantitative estimate of drug-likeness (QED) is 0.848. The van der Waals surface area contributed by atoms with Gasteiger partial charge in [-0.05, 0) is 24.3 Å². The van der Waals surface area contributed by atoms with E-state index in [-0.39, 0.29) is 18.1 Å². The topological polar surface area (TPSA) is 92.4 Å². The van der Waals surface area contributed by atoms with Gasteiger partial charge in [-0.25, -0.2) is 9.78 Å². The molecule has 6 heteroatoms. The van der Waals surface area contributed by atoms with Crippen LogP contribution in [0.4, 0.5) is 0 Å². The summed E-state index contributed by atoms with van der Waals surface area (Å²) in [5.74, 6) is -0.827. The molecule has 1 amide bonds. The maximum absolute atomic E-state index is 11.7. The van der Waals surface area contributed by atoms with E-state index >= 15 is 0 Å². The molecule has 2 rings (SSSR count). The molecule has 92 valence electrons. The fourth-order valence-corrected chi connectivity index (χ4v) is 1.34. The second-order valence-corrected chi connectivity index (χ2v) is 3.50. The lowest BCUT2D eigenvalue weighted by molar-refractivity contribution is 0.0689. The lowest BCUT2D eigenvalue weighted by Gasteiger charge is -2.03. The SMILES string of the molecule is O=C(NCc1ccco1)c1ccc(C(=O)O)nc1. The van der Waals surface area contributed by atoms with E-state index in [4.69, 9.17) is 9.52 Å². The van der Waals surface area contributed by atoms with E-state index in [2.05, 4.69) is 10.3 Å². The summed E-state index contributed by atoms with van der Waals surface area (Å²) in [7, 11) is 0. The number of nitrogens with one attached hydrogen (secondary N) is 1. The molecule has 0 unspecified atom stereocenters. The average Bonchev–Trinajstić information content (AvgIpc) is 2.89. The third-order valence-corrected chi connectivity index (χ3v) is 2.25. The summed E-state index contributed by atoms with van der Waals surface area (Å²) in [5, 5.41) is 11.3. The van der Waals surface area contributed by atoms with Gasteiger partial charge < -0.3 is 14.8 Å². The lowest BCUT2D eigenvalue weighted by atomic mass is 10.2. The van der Waals surface area contributed by atoms with Gasteiger partial charge in [0.15, 0.2) is 0 Å². The Morgan fingerprint density at radius 3 is 2.72 bits per heavy atom. The number of amides is 1. The molecule has 18 heavy (non-hydrogen) atoms. The van der Waals surface area contributed by atoms with Crippen molar-refractivity contribution in [2.75, 3.05) is 0 Å². The first kappa shape index (κ1) is 11.8. The number of rotatable bonds is 4. The first-order chi connectivity index (χ1) is 8.66. The van der Waals surface area contributed by atoms with Gasteiger partial charge >= 0.3 is 5.97 Å². The van der Waals surface area contributed by atoms with Crippen LogP contribution < -0.4 is 5.32 Å². The molecule has 0 atom stereocenters.